The van der Waals surface area contributed by atoms with E-state index in [2.05, 4.69) is 10.1 Å². The van der Waals surface area contributed by atoms with Gasteiger partial charge >= 0.3 is 0 Å². The van der Waals surface area contributed by atoms with Gasteiger partial charge in [-0.1, -0.05) is 0 Å². The highest BCUT2D eigenvalue weighted by Crippen LogP contribution is 1.99. The molecule has 0 aromatic carbocycles. The fourth-order valence-corrected chi connectivity index (χ4v) is 0.734. The molecule has 1 unspecified atom stereocenters. The average Bonchev–Trinajstić information content (AvgIpc) is 2.39. The molecule has 1 heterocycles. The highest BCUT2D eigenvalue weighted by molar-refractivity contribution is 4.77. The van der Waals surface area contributed by atoms with Gasteiger partial charge in [0.25, 0.3) is 0 Å². The molecule has 5 heteroatoms. The Bertz CT molecular complexity index is 206. The van der Waals surface area contributed by atoms with Gasteiger partial charge in [0.2, 0.25) is 0 Å². The van der Waals surface area contributed by atoms with Crippen molar-refractivity contribution in [3.8, 4) is 0 Å². The Hall–Kier alpha value is -0.940. The number of nitrogens with zero attached hydrogens (tertiary/aromatic N) is 3. The van der Waals surface area contributed by atoms with E-state index < -0.39 is 5.54 Å². The van der Waals surface area contributed by atoms with E-state index in [4.69, 9.17) is 10.8 Å². The Morgan fingerprint density at radius 1 is 1.73 bits per heavy atom. The van der Waals surface area contributed by atoms with Gasteiger partial charge in [0.1, 0.15) is 12.7 Å². The lowest BCUT2D eigenvalue weighted by Gasteiger charge is -2.20. The number of hydrogen-bond donors (Lipinski definition) is 2. The van der Waals surface area contributed by atoms with Crippen molar-refractivity contribution in [3.05, 3.63) is 12.7 Å². The minimum Gasteiger partial charge on any atom is -0.394 e. The molecule has 0 bridgehead atoms. The maximum Gasteiger partial charge on any atom is 0.137 e. The number of aliphatic hydroxyl groups excluding tert-OH is 1. The predicted molar refractivity (Wildman–Crippen MR) is 39.7 cm³/mol. The van der Waals surface area contributed by atoms with Gasteiger partial charge in [-0.3, -0.25) is 4.68 Å². The summed E-state index contributed by atoms with van der Waals surface area (Å²) in [7, 11) is 0. The molecule has 0 fully saturated rings. The molecule has 0 saturated carbocycles. The molecule has 1 rings (SSSR count). The van der Waals surface area contributed by atoms with E-state index in [0.29, 0.717) is 6.54 Å². The van der Waals surface area contributed by atoms with Crippen LogP contribution in [0, 0.1) is 0 Å². The fourth-order valence-electron chi connectivity index (χ4n) is 0.734. The minimum atomic E-state index is -0.617. The monoisotopic (exact) mass is 156 g/mol. The summed E-state index contributed by atoms with van der Waals surface area (Å²) in [5.74, 6) is 0. The van der Waals surface area contributed by atoms with Crippen LogP contribution in [0.2, 0.25) is 0 Å². The second kappa shape index (κ2) is 2.98. The molecule has 3 N–H and O–H groups in total. The lowest BCUT2D eigenvalue weighted by Crippen LogP contribution is -2.44. The zero-order valence-electron chi connectivity index (χ0n) is 6.44. The van der Waals surface area contributed by atoms with Crippen molar-refractivity contribution in [2.45, 2.75) is 19.0 Å². The molecule has 0 aliphatic rings. The lowest BCUT2D eigenvalue weighted by atomic mass is 10.1. The minimum absolute atomic E-state index is 0.0626. The molecule has 0 aliphatic carbocycles. The molecule has 0 saturated heterocycles. The van der Waals surface area contributed by atoms with Crippen LogP contribution >= 0.6 is 0 Å². The van der Waals surface area contributed by atoms with Crippen LogP contribution in [0.3, 0.4) is 0 Å². The first-order valence-corrected chi connectivity index (χ1v) is 3.36. The van der Waals surface area contributed by atoms with E-state index in [-0.39, 0.29) is 6.61 Å². The zero-order chi connectivity index (χ0) is 8.32. The Kier molecular flexibility index (Phi) is 2.21. The van der Waals surface area contributed by atoms with Crippen molar-refractivity contribution in [3.63, 3.8) is 0 Å². The van der Waals surface area contributed by atoms with Gasteiger partial charge in [-0.05, 0) is 6.92 Å². The maximum absolute atomic E-state index is 8.81. The maximum atomic E-state index is 8.81. The van der Waals surface area contributed by atoms with Crippen LogP contribution in [-0.2, 0) is 6.54 Å². The van der Waals surface area contributed by atoms with Crippen molar-refractivity contribution in [1.29, 1.82) is 0 Å². The summed E-state index contributed by atoms with van der Waals surface area (Å²) in [6.07, 6.45) is 3.01. The first-order valence-electron chi connectivity index (χ1n) is 3.36. The van der Waals surface area contributed by atoms with Gasteiger partial charge in [0, 0.05) is 0 Å². The Morgan fingerprint density at radius 2 is 2.45 bits per heavy atom. The van der Waals surface area contributed by atoms with E-state index in [1.54, 1.807) is 17.9 Å². The molecular weight excluding hydrogens is 144 g/mol. The standard InChI is InChI=1S/C6H12N4O/c1-6(7,3-11)2-10-5-8-4-9-10/h4-5,11H,2-3,7H2,1H3. The van der Waals surface area contributed by atoms with Crippen LogP contribution in [0.5, 0.6) is 0 Å². The molecule has 11 heavy (non-hydrogen) atoms. The number of hydrogen-bond acceptors (Lipinski definition) is 4. The van der Waals surface area contributed by atoms with E-state index >= 15 is 0 Å². The number of nitrogens with two attached hydrogens (primary N) is 1. The third-order valence-corrected chi connectivity index (χ3v) is 1.35. The normalized spacial score (nSPS) is 16.3. The van der Waals surface area contributed by atoms with Crippen molar-refractivity contribution in [2.75, 3.05) is 6.61 Å². The van der Waals surface area contributed by atoms with Crippen molar-refractivity contribution in [2.24, 2.45) is 5.73 Å². The van der Waals surface area contributed by atoms with Gasteiger partial charge in [-0.25, -0.2) is 4.98 Å². The Morgan fingerprint density at radius 3 is 2.91 bits per heavy atom. The van der Waals surface area contributed by atoms with Gasteiger partial charge in [-0.15, -0.1) is 0 Å². The van der Waals surface area contributed by atoms with E-state index in [0.717, 1.165) is 0 Å². The number of rotatable bonds is 3. The summed E-state index contributed by atoms with van der Waals surface area (Å²) >= 11 is 0. The summed E-state index contributed by atoms with van der Waals surface area (Å²) in [4.78, 5) is 3.76. The molecule has 0 spiro atoms. The third kappa shape index (κ3) is 2.28. The average molecular weight is 156 g/mol. The molecule has 0 radical (unpaired) electrons. The molecule has 5 nitrogen and oxygen atoms in total. The van der Waals surface area contributed by atoms with Crippen LogP contribution in [-0.4, -0.2) is 32.0 Å². The predicted octanol–water partition coefficient (Wildman–Crippen LogP) is -1.01. The summed E-state index contributed by atoms with van der Waals surface area (Å²) in [6.45, 7) is 2.17. The largest absolute Gasteiger partial charge is 0.394 e. The molecule has 1 aromatic heterocycles. The fraction of sp³-hybridized carbons (Fsp3) is 0.667. The highest BCUT2D eigenvalue weighted by atomic mass is 16.3. The molecule has 1 aromatic rings. The van der Waals surface area contributed by atoms with Crippen molar-refractivity contribution < 1.29 is 5.11 Å². The summed E-state index contributed by atoms with van der Waals surface area (Å²) in [5.41, 5.74) is 5.05. The summed E-state index contributed by atoms with van der Waals surface area (Å²) < 4.78 is 1.59. The third-order valence-electron chi connectivity index (χ3n) is 1.35. The van der Waals surface area contributed by atoms with Crippen LogP contribution in [0.15, 0.2) is 12.7 Å². The molecule has 0 aliphatic heterocycles. The van der Waals surface area contributed by atoms with E-state index in [1.165, 1.54) is 6.33 Å². The summed E-state index contributed by atoms with van der Waals surface area (Å²) in [6, 6.07) is 0. The number of aliphatic hydroxyl groups is 1. The van der Waals surface area contributed by atoms with Gasteiger partial charge in [0.15, 0.2) is 0 Å². The zero-order valence-corrected chi connectivity index (χ0v) is 6.44. The number of aromatic nitrogens is 3. The highest BCUT2D eigenvalue weighted by Gasteiger charge is 2.17. The topological polar surface area (TPSA) is 77.0 Å². The first kappa shape index (κ1) is 8.16. The molecule has 1 atom stereocenters. The van der Waals surface area contributed by atoms with Crippen molar-refractivity contribution >= 4 is 0 Å². The molecule has 0 amide bonds. The lowest BCUT2D eigenvalue weighted by molar-refractivity contribution is 0.188. The van der Waals surface area contributed by atoms with Gasteiger partial charge < -0.3 is 10.8 Å². The Balaban J connectivity index is 2.56. The SMILES string of the molecule is CC(N)(CO)Cn1cncn1. The smallest absolute Gasteiger partial charge is 0.137 e. The second-order valence-electron chi connectivity index (χ2n) is 2.91. The van der Waals surface area contributed by atoms with Crippen LogP contribution in [0.4, 0.5) is 0 Å². The van der Waals surface area contributed by atoms with Crippen LogP contribution < -0.4 is 5.73 Å². The first-order chi connectivity index (χ1) is 5.14. The van der Waals surface area contributed by atoms with Gasteiger partial charge in [0.05, 0.1) is 18.7 Å². The van der Waals surface area contributed by atoms with Crippen LogP contribution in [0.25, 0.3) is 0 Å². The van der Waals surface area contributed by atoms with Crippen LogP contribution in [0.1, 0.15) is 6.92 Å². The summed E-state index contributed by atoms with van der Waals surface area (Å²) in [5, 5.41) is 12.7. The molecule has 62 valence electrons. The quantitative estimate of drug-likeness (QED) is 0.587. The molecular formula is C6H12N4O. The van der Waals surface area contributed by atoms with Crippen molar-refractivity contribution in [1.82, 2.24) is 14.8 Å². The van der Waals surface area contributed by atoms with E-state index in [1.807, 2.05) is 0 Å². The van der Waals surface area contributed by atoms with Gasteiger partial charge in [-0.2, -0.15) is 5.10 Å². The second-order valence-corrected chi connectivity index (χ2v) is 2.91. The Labute approximate surface area is 64.9 Å². The van der Waals surface area contributed by atoms with E-state index in [9.17, 15) is 0 Å².